The molecule has 192 valence electrons. The van der Waals surface area contributed by atoms with E-state index in [2.05, 4.69) is 68.0 Å². The highest BCUT2D eigenvalue weighted by Gasteiger charge is 2.37. The summed E-state index contributed by atoms with van der Waals surface area (Å²) in [6.45, 7) is 14.4. The summed E-state index contributed by atoms with van der Waals surface area (Å²) >= 11 is 0. The molecule has 3 aliphatic rings. The number of aromatic nitrogens is 2. The van der Waals surface area contributed by atoms with Crippen molar-refractivity contribution in [3.8, 4) is 6.07 Å². The minimum absolute atomic E-state index is 0.192. The molecule has 6 rings (SSSR count). The number of rotatable bonds is 4. The van der Waals surface area contributed by atoms with Gasteiger partial charge in [-0.1, -0.05) is 6.07 Å². The highest BCUT2D eigenvalue weighted by atomic mass is 15.4. The lowest BCUT2D eigenvalue weighted by molar-refractivity contribution is 0.0312. The van der Waals surface area contributed by atoms with Crippen molar-refractivity contribution in [2.75, 3.05) is 68.7 Å². The Morgan fingerprint density at radius 2 is 1.92 bits per heavy atom. The number of hydrogen-bond acceptors (Lipinski definition) is 8. The second-order valence-electron chi connectivity index (χ2n) is 10.6. The van der Waals surface area contributed by atoms with E-state index in [4.69, 9.17) is 6.35 Å². The maximum atomic E-state index is 9.60. The number of nitrogens with zero attached hydrogens (tertiary/aromatic N) is 7. The molecule has 8 nitrogen and oxygen atoms in total. The van der Waals surface area contributed by atoms with Crippen molar-refractivity contribution in [2.45, 2.75) is 32.5 Å². The summed E-state index contributed by atoms with van der Waals surface area (Å²) in [5.41, 5.74) is 4.71. The molecule has 2 aromatic heterocycles. The van der Waals surface area contributed by atoms with Crippen molar-refractivity contribution in [3.63, 3.8) is 0 Å². The quantitative estimate of drug-likeness (QED) is 0.590. The molecule has 3 fully saturated rings. The van der Waals surface area contributed by atoms with Crippen LogP contribution in [0.3, 0.4) is 0 Å². The third kappa shape index (κ3) is 4.75. The first-order valence-electron chi connectivity index (χ1n) is 14.0. The van der Waals surface area contributed by atoms with Crippen LogP contribution in [0.2, 0.25) is 0 Å². The van der Waals surface area contributed by atoms with Crippen molar-refractivity contribution in [3.05, 3.63) is 59.4 Å². The molecule has 1 aromatic carbocycles. The summed E-state index contributed by atoms with van der Waals surface area (Å²) in [7, 11) is 0. The van der Waals surface area contributed by atoms with Crippen molar-refractivity contribution >= 4 is 22.4 Å². The third-order valence-corrected chi connectivity index (χ3v) is 8.25. The molecule has 37 heavy (non-hydrogen) atoms. The first-order chi connectivity index (χ1) is 18.5. The van der Waals surface area contributed by atoms with Gasteiger partial charge in [0.25, 0.3) is 0 Å². The van der Waals surface area contributed by atoms with Crippen molar-refractivity contribution in [2.24, 2.45) is 0 Å². The molecule has 0 unspecified atom stereocenters. The predicted octanol–water partition coefficient (Wildman–Crippen LogP) is 2.61. The van der Waals surface area contributed by atoms with Crippen LogP contribution in [-0.4, -0.2) is 90.8 Å². The van der Waals surface area contributed by atoms with Crippen molar-refractivity contribution < 1.29 is 1.37 Å². The van der Waals surface area contributed by atoms with Crippen LogP contribution < -0.4 is 15.1 Å². The van der Waals surface area contributed by atoms with Gasteiger partial charge < -0.3 is 15.1 Å². The Morgan fingerprint density at radius 3 is 2.76 bits per heavy atom. The summed E-state index contributed by atoms with van der Waals surface area (Å²) < 4.78 is 7.96. The second-order valence-corrected chi connectivity index (χ2v) is 10.6. The number of aryl methyl sites for hydroxylation is 1. The lowest BCUT2D eigenvalue weighted by Gasteiger charge is -2.51. The third-order valence-electron chi connectivity index (χ3n) is 8.25. The molecule has 0 saturated carbocycles. The number of anilines is 2. The second kappa shape index (κ2) is 10.3. The average molecular weight is 498 g/mol. The molecule has 8 heteroatoms. The maximum absolute atomic E-state index is 9.60. The Hall–Kier alpha value is -3.25. The largest absolute Gasteiger partial charge is 0.368 e. The van der Waals surface area contributed by atoms with Crippen LogP contribution in [0.1, 0.15) is 25.1 Å². The SMILES string of the molecule is [2H]c1ccc2c(N3C[C@@H]4CN(Cc5nc(N6CCNCC6)ccc5C)CCN4[C@H](C)C3)ccc(C#N)c2n1. The number of nitrogens with one attached hydrogen (secondary N) is 1. The van der Waals surface area contributed by atoms with Crippen LogP contribution in [0.5, 0.6) is 0 Å². The van der Waals surface area contributed by atoms with E-state index in [-0.39, 0.29) is 6.17 Å². The van der Waals surface area contributed by atoms with E-state index in [0.29, 0.717) is 23.2 Å². The van der Waals surface area contributed by atoms with Gasteiger partial charge in [-0.2, -0.15) is 5.26 Å². The molecule has 0 amide bonds. The first-order valence-corrected chi connectivity index (χ1v) is 13.5. The van der Waals surface area contributed by atoms with E-state index in [0.717, 1.165) is 82.3 Å². The summed E-state index contributed by atoms with van der Waals surface area (Å²) in [6.07, 6.45) is 0.192. The zero-order valence-electron chi connectivity index (χ0n) is 22.8. The fourth-order valence-corrected chi connectivity index (χ4v) is 6.24. The average Bonchev–Trinajstić information content (AvgIpc) is 2.94. The predicted molar refractivity (Wildman–Crippen MR) is 148 cm³/mol. The Morgan fingerprint density at radius 1 is 1.05 bits per heavy atom. The number of nitriles is 1. The Kier molecular flexibility index (Phi) is 6.35. The minimum Gasteiger partial charge on any atom is -0.368 e. The van der Waals surface area contributed by atoms with E-state index in [9.17, 15) is 5.26 Å². The molecule has 3 aromatic rings. The van der Waals surface area contributed by atoms with Crippen LogP contribution in [0.4, 0.5) is 11.5 Å². The van der Waals surface area contributed by atoms with Crippen LogP contribution in [0.25, 0.3) is 10.9 Å². The van der Waals surface area contributed by atoms with Gasteiger partial charge in [0.15, 0.2) is 0 Å². The van der Waals surface area contributed by atoms with Gasteiger partial charge in [-0.05, 0) is 49.7 Å². The molecule has 0 bridgehead atoms. The maximum Gasteiger partial charge on any atom is 0.128 e. The molecule has 0 radical (unpaired) electrons. The van der Waals surface area contributed by atoms with Gasteiger partial charge in [0.05, 0.1) is 18.1 Å². The van der Waals surface area contributed by atoms with Crippen LogP contribution in [0.15, 0.2) is 42.6 Å². The van der Waals surface area contributed by atoms with Gasteiger partial charge in [-0.3, -0.25) is 14.8 Å². The molecule has 3 saturated heterocycles. The molecule has 0 aliphatic carbocycles. The molecular formula is C29H36N8. The van der Waals surface area contributed by atoms with Gasteiger partial charge in [-0.25, -0.2) is 4.98 Å². The summed E-state index contributed by atoms with van der Waals surface area (Å²) in [5.74, 6) is 1.10. The fraction of sp³-hybridized carbons (Fsp3) is 0.483. The van der Waals surface area contributed by atoms with Crippen LogP contribution in [-0.2, 0) is 6.54 Å². The Bertz CT molecular complexity index is 1360. The number of piperazine rings is 3. The highest BCUT2D eigenvalue weighted by molar-refractivity contribution is 5.95. The first kappa shape index (κ1) is 22.9. The number of fused-ring (bicyclic) bond motifs is 2. The Balaban J connectivity index is 1.21. The number of hydrogen-bond donors (Lipinski definition) is 1. The minimum atomic E-state index is 0.192. The van der Waals surface area contributed by atoms with Gasteiger partial charge in [0.1, 0.15) is 11.9 Å². The number of benzene rings is 1. The molecule has 5 heterocycles. The van der Waals surface area contributed by atoms with E-state index < -0.39 is 0 Å². The normalized spacial score (nSPS) is 23.5. The zero-order chi connectivity index (χ0) is 26.2. The van der Waals surface area contributed by atoms with Crippen LogP contribution in [0, 0.1) is 18.3 Å². The van der Waals surface area contributed by atoms with Crippen molar-refractivity contribution in [1.82, 2.24) is 25.1 Å². The molecular weight excluding hydrogens is 460 g/mol. The van der Waals surface area contributed by atoms with E-state index in [1.54, 1.807) is 6.07 Å². The molecule has 0 spiro atoms. The van der Waals surface area contributed by atoms with Gasteiger partial charge in [-0.15, -0.1) is 0 Å². The number of pyridine rings is 2. The lowest BCUT2D eigenvalue weighted by Crippen LogP contribution is -2.65. The monoisotopic (exact) mass is 497 g/mol. The lowest BCUT2D eigenvalue weighted by atomic mass is 10.0. The Labute approximate surface area is 220 Å². The standard InChI is InChI=1S/C29H36N8/c1-21-5-8-28(35-12-10-31-11-13-35)33-26(21)20-34-14-15-37-22(2)17-36(19-24(37)18-34)27-7-6-23(16-30)29-25(27)4-3-9-32-29/h3-9,22,24,31H,10-15,17-20H2,1-2H3/t22-,24+/m1/s1/i9D. The van der Waals surface area contributed by atoms with E-state index >= 15 is 0 Å². The zero-order valence-corrected chi connectivity index (χ0v) is 21.8. The molecule has 2 atom stereocenters. The summed E-state index contributed by atoms with van der Waals surface area (Å²) in [5, 5.41) is 14.0. The highest BCUT2D eigenvalue weighted by Crippen LogP contribution is 2.32. The van der Waals surface area contributed by atoms with Gasteiger partial charge >= 0.3 is 0 Å². The molecule has 3 aliphatic heterocycles. The molecule has 1 N–H and O–H groups in total. The summed E-state index contributed by atoms with van der Waals surface area (Å²) in [4.78, 5) is 19.6. The van der Waals surface area contributed by atoms with E-state index in [1.807, 2.05) is 12.1 Å². The summed E-state index contributed by atoms with van der Waals surface area (Å²) in [6, 6.07) is 15.1. The van der Waals surface area contributed by atoms with Gasteiger partial charge in [0.2, 0.25) is 0 Å². The van der Waals surface area contributed by atoms with E-state index in [1.165, 1.54) is 11.3 Å². The topological polar surface area (TPSA) is 74.6 Å². The van der Waals surface area contributed by atoms with Crippen molar-refractivity contribution in [1.29, 1.82) is 5.26 Å². The fourth-order valence-electron chi connectivity index (χ4n) is 6.24. The van der Waals surface area contributed by atoms with Gasteiger partial charge in [0, 0.05) is 94.8 Å². The van der Waals surface area contributed by atoms with Crippen LogP contribution >= 0.6 is 0 Å². The smallest absolute Gasteiger partial charge is 0.128 e.